The second-order valence-corrected chi connectivity index (χ2v) is 10.7. The van der Waals surface area contributed by atoms with Gasteiger partial charge >= 0.3 is 0 Å². The van der Waals surface area contributed by atoms with Crippen molar-refractivity contribution in [3.05, 3.63) is 65.1 Å². The number of hydrogen-bond acceptors (Lipinski definition) is 6. The van der Waals surface area contributed by atoms with Crippen molar-refractivity contribution in [2.45, 2.75) is 47.0 Å². The summed E-state index contributed by atoms with van der Waals surface area (Å²) in [6.07, 6.45) is 7.72. The van der Waals surface area contributed by atoms with Crippen LogP contribution in [-0.4, -0.2) is 46.1 Å². The SMILES string of the molecule is C/C=C\c1c(F)ccc2cc(C)cc(-c3ncc4c(N5CCCC(C6=NCC(C)=N6)C5)nc(CC)nc4c3F)c12. The number of anilines is 1. The van der Waals surface area contributed by atoms with E-state index in [0.717, 1.165) is 41.9 Å². The van der Waals surface area contributed by atoms with Crippen LogP contribution in [0.15, 0.2) is 46.5 Å². The van der Waals surface area contributed by atoms with E-state index >= 15 is 4.39 Å². The molecule has 40 heavy (non-hydrogen) atoms. The van der Waals surface area contributed by atoms with Gasteiger partial charge in [0, 0.05) is 53.8 Å². The number of rotatable bonds is 5. The van der Waals surface area contributed by atoms with Gasteiger partial charge in [-0.05, 0) is 56.7 Å². The third-order valence-corrected chi connectivity index (χ3v) is 7.73. The number of aromatic nitrogens is 3. The van der Waals surface area contributed by atoms with Crippen LogP contribution in [0.4, 0.5) is 14.6 Å². The Labute approximate surface area is 232 Å². The second-order valence-electron chi connectivity index (χ2n) is 10.7. The van der Waals surface area contributed by atoms with Gasteiger partial charge < -0.3 is 4.90 Å². The van der Waals surface area contributed by atoms with Crippen molar-refractivity contribution >= 4 is 45.1 Å². The van der Waals surface area contributed by atoms with E-state index in [2.05, 4.69) is 24.9 Å². The molecule has 4 aromatic rings. The Kier molecular flexibility index (Phi) is 6.86. The highest BCUT2D eigenvalue weighted by Gasteiger charge is 2.29. The lowest BCUT2D eigenvalue weighted by atomic mass is 9.93. The van der Waals surface area contributed by atoms with Crippen LogP contribution >= 0.6 is 0 Å². The van der Waals surface area contributed by atoms with Crippen LogP contribution in [-0.2, 0) is 6.42 Å². The molecule has 2 aliphatic heterocycles. The summed E-state index contributed by atoms with van der Waals surface area (Å²) in [5.41, 5.74) is 3.33. The lowest BCUT2D eigenvalue weighted by Gasteiger charge is -2.33. The van der Waals surface area contributed by atoms with E-state index in [0.29, 0.717) is 53.1 Å². The van der Waals surface area contributed by atoms with Crippen molar-refractivity contribution in [1.29, 1.82) is 0 Å². The molecule has 0 spiro atoms. The average Bonchev–Trinajstić information content (AvgIpc) is 3.40. The smallest absolute Gasteiger partial charge is 0.175 e. The standard InChI is InChI=1S/C32H32F2N6/c1-5-8-22-25(33)11-10-20-13-18(3)14-23(27(20)22)29-28(34)30-24(16-35-29)32(39-26(6-2)38-30)40-12-7-9-21(17-40)31-36-15-19(4)37-31/h5,8,10-11,13-14,16,21H,6-7,9,12,15,17H2,1-4H3/b8-5-. The summed E-state index contributed by atoms with van der Waals surface area (Å²) in [5, 5.41) is 2.03. The van der Waals surface area contributed by atoms with Gasteiger partial charge in [-0.15, -0.1) is 0 Å². The lowest BCUT2D eigenvalue weighted by molar-refractivity contribution is 0.502. The summed E-state index contributed by atoms with van der Waals surface area (Å²) in [5.74, 6) is 1.49. The van der Waals surface area contributed by atoms with Crippen LogP contribution in [0.25, 0.3) is 39.0 Å². The Morgan fingerprint density at radius 2 is 1.98 bits per heavy atom. The molecule has 1 atom stereocenters. The summed E-state index contributed by atoms with van der Waals surface area (Å²) in [7, 11) is 0. The highest BCUT2D eigenvalue weighted by Crippen LogP contribution is 2.38. The molecule has 1 saturated heterocycles. The molecule has 0 N–H and O–H groups in total. The highest BCUT2D eigenvalue weighted by atomic mass is 19.1. The number of hydrogen-bond donors (Lipinski definition) is 0. The average molecular weight is 539 g/mol. The number of nitrogens with zero attached hydrogens (tertiary/aromatic N) is 6. The lowest BCUT2D eigenvalue weighted by Crippen LogP contribution is -2.39. The molecule has 8 heteroatoms. The molecule has 4 heterocycles. The first-order chi connectivity index (χ1) is 19.4. The Hall–Kier alpha value is -4.07. The van der Waals surface area contributed by atoms with E-state index < -0.39 is 5.82 Å². The van der Waals surface area contributed by atoms with E-state index in [1.807, 2.05) is 39.8 Å². The van der Waals surface area contributed by atoms with Crippen LogP contribution in [0.5, 0.6) is 0 Å². The van der Waals surface area contributed by atoms with Crippen molar-refractivity contribution < 1.29 is 8.78 Å². The van der Waals surface area contributed by atoms with Gasteiger partial charge in [0.2, 0.25) is 0 Å². The third-order valence-electron chi connectivity index (χ3n) is 7.73. The highest BCUT2D eigenvalue weighted by molar-refractivity contribution is 6.05. The number of amidine groups is 1. The van der Waals surface area contributed by atoms with Crippen molar-refractivity contribution in [2.75, 3.05) is 24.5 Å². The molecule has 6 nitrogen and oxygen atoms in total. The van der Waals surface area contributed by atoms with Crippen molar-refractivity contribution in [1.82, 2.24) is 15.0 Å². The van der Waals surface area contributed by atoms with Gasteiger partial charge in [0.25, 0.3) is 0 Å². The van der Waals surface area contributed by atoms with Gasteiger partial charge in [0.15, 0.2) is 5.82 Å². The molecule has 2 aliphatic rings. The Morgan fingerprint density at radius 3 is 2.73 bits per heavy atom. The first kappa shape index (κ1) is 26.2. The van der Waals surface area contributed by atoms with E-state index in [9.17, 15) is 4.39 Å². The van der Waals surface area contributed by atoms with Gasteiger partial charge in [0.1, 0.15) is 34.5 Å². The Balaban J connectivity index is 1.52. The summed E-state index contributed by atoms with van der Waals surface area (Å²) in [6, 6.07) is 7.03. The van der Waals surface area contributed by atoms with Gasteiger partial charge in [-0.3, -0.25) is 9.98 Å². The number of aryl methyl sites for hydroxylation is 2. The topological polar surface area (TPSA) is 66.6 Å². The number of piperidine rings is 1. The molecule has 0 radical (unpaired) electrons. The monoisotopic (exact) mass is 538 g/mol. The molecule has 6 rings (SSSR count). The molecule has 0 bridgehead atoms. The second kappa shape index (κ2) is 10.5. The molecular weight excluding hydrogens is 506 g/mol. The van der Waals surface area contributed by atoms with Crippen molar-refractivity contribution in [3.63, 3.8) is 0 Å². The van der Waals surface area contributed by atoms with Crippen LogP contribution in [0.1, 0.15) is 50.6 Å². The third kappa shape index (κ3) is 4.55. The largest absolute Gasteiger partial charge is 0.355 e. The molecule has 1 fully saturated rings. The van der Waals surface area contributed by atoms with Crippen LogP contribution < -0.4 is 4.90 Å². The maximum atomic E-state index is 16.5. The molecule has 1 unspecified atom stereocenters. The Bertz CT molecular complexity index is 1740. The molecular formula is C32H32F2N6. The molecule has 2 aromatic carbocycles. The zero-order valence-corrected chi connectivity index (χ0v) is 23.3. The van der Waals surface area contributed by atoms with Crippen molar-refractivity contribution in [2.24, 2.45) is 15.9 Å². The maximum Gasteiger partial charge on any atom is 0.175 e. The fourth-order valence-corrected chi connectivity index (χ4v) is 5.87. The molecule has 0 saturated carbocycles. The fourth-order valence-electron chi connectivity index (χ4n) is 5.87. The van der Waals surface area contributed by atoms with Crippen LogP contribution in [0.3, 0.4) is 0 Å². The first-order valence-electron chi connectivity index (χ1n) is 13.9. The number of halogens is 2. The molecule has 204 valence electrons. The minimum atomic E-state index is -0.521. The number of pyridine rings is 1. The number of fused-ring (bicyclic) bond motifs is 2. The van der Waals surface area contributed by atoms with Gasteiger partial charge in [-0.1, -0.05) is 31.2 Å². The number of aliphatic imine (C=N–C) groups is 2. The van der Waals surface area contributed by atoms with E-state index in [4.69, 9.17) is 4.98 Å². The van der Waals surface area contributed by atoms with E-state index in [-0.39, 0.29) is 22.9 Å². The summed E-state index contributed by atoms with van der Waals surface area (Å²) < 4.78 is 31.5. The van der Waals surface area contributed by atoms with Gasteiger partial charge in [-0.25, -0.2) is 23.7 Å². The molecule has 2 aromatic heterocycles. The quantitative estimate of drug-likeness (QED) is 0.271. The zero-order chi connectivity index (χ0) is 28.0. The summed E-state index contributed by atoms with van der Waals surface area (Å²) in [6.45, 7) is 9.93. The van der Waals surface area contributed by atoms with Crippen LogP contribution in [0.2, 0.25) is 0 Å². The zero-order valence-electron chi connectivity index (χ0n) is 23.3. The minimum Gasteiger partial charge on any atom is -0.355 e. The molecule has 0 aliphatic carbocycles. The van der Waals surface area contributed by atoms with E-state index in [1.54, 1.807) is 24.4 Å². The minimum absolute atomic E-state index is 0.158. The summed E-state index contributed by atoms with van der Waals surface area (Å²) in [4.78, 5) is 25.6. The number of benzene rings is 2. The predicted octanol–water partition coefficient (Wildman–Crippen LogP) is 7.12. The van der Waals surface area contributed by atoms with Crippen LogP contribution in [0, 0.1) is 24.5 Å². The number of allylic oxidation sites excluding steroid dienone is 1. The fraction of sp³-hybridized carbons (Fsp3) is 0.344. The predicted molar refractivity (Wildman–Crippen MR) is 159 cm³/mol. The maximum absolute atomic E-state index is 16.5. The normalized spacial score (nSPS) is 17.8. The van der Waals surface area contributed by atoms with Gasteiger partial charge in [0.05, 0.1) is 11.9 Å². The molecule has 0 amide bonds. The first-order valence-corrected chi connectivity index (χ1v) is 13.9. The Morgan fingerprint density at radius 1 is 1.12 bits per heavy atom. The van der Waals surface area contributed by atoms with Gasteiger partial charge in [-0.2, -0.15) is 0 Å². The van der Waals surface area contributed by atoms with E-state index in [1.165, 1.54) is 6.07 Å². The van der Waals surface area contributed by atoms with Crippen molar-refractivity contribution in [3.8, 4) is 11.3 Å². The summed E-state index contributed by atoms with van der Waals surface area (Å²) >= 11 is 0.